The molecule has 0 N–H and O–H groups in total. The highest BCUT2D eigenvalue weighted by Crippen LogP contribution is 2.49. The SMILES string of the molecule is CCN1C(=O)N2CC3C=C(OC)C=C(OC)C3C(C)C=C2C12CCN(C(=O)OC(C)(C)C)CC2. The summed E-state index contributed by atoms with van der Waals surface area (Å²) in [6.07, 6.45) is 7.47. The van der Waals surface area contributed by atoms with E-state index in [1.165, 1.54) is 0 Å². The first kappa shape index (κ1) is 24.5. The quantitative estimate of drug-likeness (QED) is 0.609. The minimum absolute atomic E-state index is 0.0493. The third-order valence-corrected chi connectivity index (χ3v) is 7.61. The van der Waals surface area contributed by atoms with Crippen LogP contribution in [0.4, 0.5) is 9.59 Å². The number of likely N-dealkylation sites (N-methyl/N-ethyl adjacent to an activating group) is 1. The van der Waals surface area contributed by atoms with Gasteiger partial charge in [-0.25, -0.2) is 9.59 Å². The van der Waals surface area contributed by atoms with Crippen molar-refractivity contribution < 1.29 is 23.8 Å². The van der Waals surface area contributed by atoms with E-state index < -0.39 is 11.1 Å². The number of hydrogen-bond acceptors (Lipinski definition) is 5. The van der Waals surface area contributed by atoms with E-state index in [9.17, 15) is 9.59 Å². The van der Waals surface area contributed by atoms with Gasteiger partial charge < -0.3 is 24.0 Å². The predicted molar refractivity (Wildman–Crippen MR) is 129 cm³/mol. The molecule has 0 aromatic carbocycles. The Morgan fingerprint density at radius 1 is 1.15 bits per heavy atom. The summed E-state index contributed by atoms with van der Waals surface area (Å²) in [5.74, 6) is 2.08. The summed E-state index contributed by atoms with van der Waals surface area (Å²) < 4.78 is 16.9. The largest absolute Gasteiger partial charge is 0.501 e. The molecule has 3 atom stereocenters. The average Bonchev–Trinajstić information content (AvgIpc) is 2.89. The summed E-state index contributed by atoms with van der Waals surface area (Å²) in [6.45, 7) is 12.2. The van der Waals surface area contributed by atoms with Crippen LogP contribution >= 0.6 is 0 Å². The van der Waals surface area contributed by atoms with Crippen molar-refractivity contribution >= 4 is 12.1 Å². The fourth-order valence-corrected chi connectivity index (χ4v) is 6.10. The van der Waals surface area contributed by atoms with Gasteiger partial charge in [0.05, 0.1) is 19.8 Å². The smallest absolute Gasteiger partial charge is 0.410 e. The highest BCUT2D eigenvalue weighted by atomic mass is 16.6. The second kappa shape index (κ2) is 8.86. The number of rotatable bonds is 3. The third kappa shape index (κ3) is 4.05. The molecule has 188 valence electrons. The van der Waals surface area contributed by atoms with Crippen molar-refractivity contribution in [2.24, 2.45) is 17.8 Å². The van der Waals surface area contributed by atoms with Gasteiger partial charge in [-0.2, -0.15) is 0 Å². The zero-order valence-electron chi connectivity index (χ0n) is 21.6. The van der Waals surface area contributed by atoms with E-state index in [1.807, 2.05) is 43.6 Å². The fourth-order valence-electron chi connectivity index (χ4n) is 6.10. The number of fused-ring (bicyclic) bond motifs is 3. The van der Waals surface area contributed by atoms with Crippen molar-refractivity contribution in [3.63, 3.8) is 0 Å². The fraction of sp³-hybridized carbons (Fsp3) is 0.692. The minimum atomic E-state index is -0.529. The summed E-state index contributed by atoms with van der Waals surface area (Å²) in [4.78, 5) is 32.1. The zero-order chi connectivity index (χ0) is 24.8. The number of amides is 3. The van der Waals surface area contributed by atoms with Gasteiger partial charge in [0.2, 0.25) is 0 Å². The summed E-state index contributed by atoms with van der Waals surface area (Å²) >= 11 is 0. The van der Waals surface area contributed by atoms with Gasteiger partial charge in [0.1, 0.15) is 17.1 Å². The maximum absolute atomic E-state index is 13.7. The molecule has 0 aromatic rings. The van der Waals surface area contributed by atoms with Crippen LogP contribution < -0.4 is 0 Å². The minimum Gasteiger partial charge on any atom is -0.501 e. The standard InChI is InChI=1S/C26H39N3O5/c1-8-29-23(30)28-16-18-14-19(32-6)15-20(33-7)22(18)17(2)13-21(28)26(29)9-11-27(12-10-26)24(31)34-25(3,4)5/h13-15,17-18,22H,8-12,16H2,1-7H3. The second-order valence-electron chi connectivity index (χ2n) is 10.8. The number of methoxy groups -OCH3 is 2. The number of carbonyl (C=O) groups excluding carboxylic acids is 2. The zero-order valence-corrected chi connectivity index (χ0v) is 21.6. The van der Waals surface area contributed by atoms with E-state index in [0.29, 0.717) is 39.0 Å². The van der Waals surface area contributed by atoms with Crippen LogP contribution in [0.15, 0.2) is 35.4 Å². The number of piperidine rings is 1. The maximum Gasteiger partial charge on any atom is 0.410 e. The van der Waals surface area contributed by atoms with Crippen molar-refractivity contribution in [2.75, 3.05) is 40.4 Å². The lowest BCUT2D eigenvalue weighted by atomic mass is 9.77. The van der Waals surface area contributed by atoms with Gasteiger partial charge in [-0.05, 0) is 52.5 Å². The van der Waals surface area contributed by atoms with Crippen molar-refractivity contribution in [2.45, 2.75) is 58.6 Å². The van der Waals surface area contributed by atoms with Gasteiger partial charge in [-0.3, -0.25) is 4.90 Å². The second-order valence-corrected chi connectivity index (χ2v) is 10.8. The van der Waals surface area contributed by atoms with E-state index in [2.05, 4.69) is 19.1 Å². The van der Waals surface area contributed by atoms with E-state index in [-0.39, 0.29) is 29.9 Å². The Morgan fingerprint density at radius 2 is 1.82 bits per heavy atom. The van der Waals surface area contributed by atoms with Gasteiger partial charge in [-0.1, -0.05) is 13.0 Å². The first-order valence-corrected chi connectivity index (χ1v) is 12.4. The summed E-state index contributed by atoms with van der Waals surface area (Å²) in [5, 5.41) is 0. The van der Waals surface area contributed by atoms with Crippen LogP contribution in [-0.2, 0) is 14.2 Å². The third-order valence-electron chi connectivity index (χ3n) is 7.61. The Morgan fingerprint density at radius 3 is 2.38 bits per heavy atom. The topological polar surface area (TPSA) is 71.6 Å². The van der Waals surface area contributed by atoms with Gasteiger partial charge in [-0.15, -0.1) is 0 Å². The Labute approximate surface area is 203 Å². The molecule has 3 aliphatic heterocycles. The number of allylic oxidation sites excluding steroid dienone is 3. The van der Waals surface area contributed by atoms with Gasteiger partial charge in [0, 0.05) is 49.8 Å². The van der Waals surface area contributed by atoms with Crippen LogP contribution in [0.3, 0.4) is 0 Å². The molecule has 3 unspecified atom stereocenters. The molecule has 1 aliphatic carbocycles. The van der Waals surface area contributed by atoms with E-state index in [0.717, 1.165) is 17.2 Å². The Kier molecular flexibility index (Phi) is 6.38. The summed E-state index contributed by atoms with van der Waals surface area (Å²) in [7, 11) is 3.36. The molecule has 8 heteroatoms. The Bertz CT molecular complexity index is 923. The molecule has 0 saturated carbocycles. The molecule has 1 spiro atoms. The van der Waals surface area contributed by atoms with Crippen LogP contribution in [0.5, 0.6) is 0 Å². The number of hydrogen-bond donors (Lipinski definition) is 0. The molecule has 4 rings (SSSR count). The molecule has 3 amide bonds. The molecular weight excluding hydrogens is 434 g/mol. The van der Waals surface area contributed by atoms with Crippen molar-refractivity contribution in [1.29, 1.82) is 0 Å². The van der Waals surface area contributed by atoms with Gasteiger partial charge in [0.25, 0.3) is 0 Å². The summed E-state index contributed by atoms with van der Waals surface area (Å²) in [6, 6.07) is 0.0493. The molecule has 4 aliphatic rings. The lowest BCUT2D eigenvalue weighted by Crippen LogP contribution is -2.55. The first-order valence-electron chi connectivity index (χ1n) is 12.4. The molecule has 3 heterocycles. The molecule has 0 bridgehead atoms. The van der Waals surface area contributed by atoms with Crippen molar-refractivity contribution in [1.82, 2.24) is 14.7 Å². The Hall–Kier alpha value is -2.64. The number of ether oxygens (including phenoxy) is 3. The van der Waals surface area contributed by atoms with Crippen molar-refractivity contribution in [3.05, 3.63) is 35.4 Å². The number of nitrogens with zero attached hydrogens (tertiary/aromatic N) is 3. The average molecular weight is 474 g/mol. The molecular formula is C26H39N3O5. The molecule has 34 heavy (non-hydrogen) atoms. The van der Waals surface area contributed by atoms with E-state index >= 15 is 0 Å². The van der Waals surface area contributed by atoms with Crippen molar-refractivity contribution in [3.8, 4) is 0 Å². The normalized spacial score (nSPS) is 28.4. The summed E-state index contributed by atoms with van der Waals surface area (Å²) in [5.41, 5.74) is 0.142. The Balaban J connectivity index is 1.65. The van der Waals surface area contributed by atoms with Crippen LogP contribution in [0.25, 0.3) is 0 Å². The molecule has 2 saturated heterocycles. The molecule has 2 fully saturated rings. The molecule has 0 aromatic heterocycles. The van der Waals surface area contributed by atoms with E-state index in [4.69, 9.17) is 14.2 Å². The predicted octanol–water partition coefficient (Wildman–Crippen LogP) is 4.35. The number of likely N-dealkylation sites (tertiary alicyclic amines) is 1. The molecule has 0 radical (unpaired) electrons. The maximum atomic E-state index is 13.7. The van der Waals surface area contributed by atoms with E-state index in [1.54, 1.807) is 19.1 Å². The van der Waals surface area contributed by atoms with Crippen LogP contribution in [0, 0.1) is 17.8 Å². The highest BCUT2D eigenvalue weighted by molar-refractivity contribution is 5.83. The van der Waals surface area contributed by atoms with Crippen LogP contribution in [0.1, 0.15) is 47.5 Å². The number of carbonyl (C=O) groups is 2. The lowest BCUT2D eigenvalue weighted by Gasteiger charge is -2.44. The highest BCUT2D eigenvalue weighted by Gasteiger charge is 2.56. The van der Waals surface area contributed by atoms with Gasteiger partial charge >= 0.3 is 12.1 Å². The lowest BCUT2D eigenvalue weighted by molar-refractivity contribution is 0.0113. The monoisotopic (exact) mass is 473 g/mol. The first-order chi connectivity index (χ1) is 16.0. The van der Waals surface area contributed by atoms with Crippen LogP contribution in [-0.4, -0.2) is 78.4 Å². The number of urea groups is 1. The van der Waals surface area contributed by atoms with Crippen LogP contribution in [0.2, 0.25) is 0 Å². The molecule has 8 nitrogen and oxygen atoms in total. The van der Waals surface area contributed by atoms with Gasteiger partial charge in [0.15, 0.2) is 0 Å².